The maximum atomic E-state index is 4.97. The molecule has 2 aromatic heterocycles. The summed E-state index contributed by atoms with van der Waals surface area (Å²) >= 11 is 0. The van der Waals surface area contributed by atoms with Gasteiger partial charge in [0.2, 0.25) is 0 Å². The molecule has 0 aromatic carbocycles. The van der Waals surface area contributed by atoms with Crippen molar-refractivity contribution in [3.05, 3.63) is 29.1 Å². The zero-order valence-corrected chi connectivity index (χ0v) is 19.7. The van der Waals surface area contributed by atoms with Gasteiger partial charge in [0.15, 0.2) is 5.96 Å². The highest BCUT2D eigenvalue weighted by molar-refractivity contribution is 14.0. The highest BCUT2D eigenvalue weighted by Gasteiger charge is 2.24. The summed E-state index contributed by atoms with van der Waals surface area (Å²) in [4.78, 5) is 11.7. The molecule has 0 bridgehead atoms. The van der Waals surface area contributed by atoms with Gasteiger partial charge < -0.3 is 10.2 Å². The van der Waals surface area contributed by atoms with E-state index in [9.17, 15) is 0 Å². The number of piperidine rings is 1. The number of nitrogens with one attached hydrogen (secondary N) is 2. The first-order valence-electron chi connectivity index (χ1n) is 10.1. The van der Waals surface area contributed by atoms with Gasteiger partial charge in [0.1, 0.15) is 12.2 Å². The standard InChI is InChI=1S/C19H32N8.HI/c1-5-16-15(17(6-2)26(4)25-16)12-21-19(20-7-3)27-10-8-14(9-11-27)18-22-13-23-24-18;/h13-14H,5-12H2,1-4H3,(H,20,21)(H,22,23,24);1H. The van der Waals surface area contributed by atoms with Crippen molar-refractivity contribution in [3.63, 3.8) is 0 Å². The maximum absolute atomic E-state index is 4.97. The summed E-state index contributed by atoms with van der Waals surface area (Å²) < 4.78 is 2.01. The van der Waals surface area contributed by atoms with E-state index in [1.165, 1.54) is 11.3 Å². The first-order valence-corrected chi connectivity index (χ1v) is 10.1. The zero-order chi connectivity index (χ0) is 19.2. The molecule has 9 heteroatoms. The lowest BCUT2D eigenvalue weighted by molar-refractivity contribution is 0.299. The molecule has 3 rings (SSSR count). The molecular weight excluding hydrogens is 467 g/mol. The van der Waals surface area contributed by atoms with Crippen LogP contribution in [0.5, 0.6) is 0 Å². The lowest BCUT2D eigenvalue weighted by atomic mass is 9.96. The number of aryl methyl sites for hydroxylation is 2. The number of rotatable bonds is 6. The molecule has 0 saturated carbocycles. The molecule has 1 aliphatic rings. The van der Waals surface area contributed by atoms with Crippen molar-refractivity contribution in [1.82, 2.24) is 35.2 Å². The Balaban J connectivity index is 0.00000280. The van der Waals surface area contributed by atoms with Gasteiger partial charge in [-0.1, -0.05) is 13.8 Å². The van der Waals surface area contributed by atoms with Crippen molar-refractivity contribution in [2.45, 2.75) is 58.9 Å². The largest absolute Gasteiger partial charge is 0.357 e. The summed E-state index contributed by atoms with van der Waals surface area (Å²) in [6.45, 7) is 9.98. The van der Waals surface area contributed by atoms with Gasteiger partial charge in [-0.3, -0.25) is 9.78 Å². The summed E-state index contributed by atoms with van der Waals surface area (Å²) in [5, 5.41) is 15.1. The van der Waals surface area contributed by atoms with Gasteiger partial charge in [0, 0.05) is 43.9 Å². The van der Waals surface area contributed by atoms with Crippen molar-refractivity contribution in [2.24, 2.45) is 12.0 Å². The molecule has 2 aromatic rings. The van der Waals surface area contributed by atoms with Crippen molar-refractivity contribution < 1.29 is 0 Å². The molecular formula is C19H33IN8. The molecule has 0 radical (unpaired) electrons. The fourth-order valence-corrected chi connectivity index (χ4v) is 3.93. The van der Waals surface area contributed by atoms with Crippen LogP contribution in [0.15, 0.2) is 11.3 Å². The van der Waals surface area contributed by atoms with Crippen LogP contribution in [0.25, 0.3) is 0 Å². The molecule has 0 amide bonds. The lowest BCUT2D eigenvalue weighted by Crippen LogP contribution is -2.45. The number of hydrogen-bond acceptors (Lipinski definition) is 4. The van der Waals surface area contributed by atoms with E-state index in [2.05, 4.69) is 51.3 Å². The Morgan fingerprint density at radius 2 is 2.00 bits per heavy atom. The monoisotopic (exact) mass is 500 g/mol. The smallest absolute Gasteiger partial charge is 0.194 e. The van der Waals surface area contributed by atoms with Gasteiger partial charge in [0.25, 0.3) is 0 Å². The number of aromatic nitrogens is 5. The number of H-pyrrole nitrogens is 1. The van der Waals surface area contributed by atoms with Gasteiger partial charge in [-0.25, -0.2) is 9.98 Å². The quantitative estimate of drug-likeness (QED) is 0.362. The number of halogens is 1. The number of likely N-dealkylation sites (tertiary alicyclic amines) is 1. The summed E-state index contributed by atoms with van der Waals surface area (Å²) in [6, 6.07) is 0. The van der Waals surface area contributed by atoms with E-state index >= 15 is 0 Å². The molecule has 0 unspecified atom stereocenters. The second-order valence-corrected chi connectivity index (χ2v) is 7.00. The van der Waals surface area contributed by atoms with Crippen molar-refractivity contribution in [1.29, 1.82) is 0 Å². The molecule has 1 saturated heterocycles. The van der Waals surface area contributed by atoms with Crippen LogP contribution in [-0.4, -0.2) is 55.5 Å². The Hall–Kier alpha value is -1.65. The van der Waals surface area contributed by atoms with E-state index in [0.717, 1.165) is 62.8 Å². The van der Waals surface area contributed by atoms with E-state index in [1.54, 1.807) is 6.33 Å². The summed E-state index contributed by atoms with van der Waals surface area (Å²) in [5.74, 6) is 2.47. The van der Waals surface area contributed by atoms with Crippen molar-refractivity contribution in [3.8, 4) is 0 Å². The predicted octanol–water partition coefficient (Wildman–Crippen LogP) is 2.63. The van der Waals surface area contributed by atoms with Gasteiger partial charge in [-0.2, -0.15) is 10.2 Å². The Morgan fingerprint density at radius 3 is 2.57 bits per heavy atom. The Morgan fingerprint density at radius 1 is 1.25 bits per heavy atom. The van der Waals surface area contributed by atoms with E-state index in [-0.39, 0.29) is 24.0 Å². The molecule has 28 heavy (non-hydrogen) atoms. The Kier molecular flexibility index (Phi) is 8.71. The number of aliphatic imine (C=N–C) groups is 1. The van der Waals surface area contributed by atoms with Crippen molar-refractivity contribution >= 4 is 29.9 Å². The summed E-state index contributed by atoms with van der Waals surface area (Å²) in [6.07, 6.45) is 5.64. The molecule has 1 aliphatic heterocycles. The zero-order valence-electron chi connectivity index (χ0n) is 17.4. The van der Waals surface area contributed by atoms with Gasteiger partial charge in [0.05, 0.1) is 12.2 Å². The van der Waals surface area contributed by atoms with E-state index in [0.29, 0.717) is 12.5 Å². The van der Waals surface area contributed by atoms with Gasteiger partial charge >= 0.3 is 0 Å². The number of guanidine groups is 1. The second kappa shape index (κ2) is 10.8. The topological polar surface area (TPSA) is 87.0 Å². The summed E-state index contributed by atoms with van der Waals surface area (Å²) in [7, 11) is 2.03. The predicted molar refractivity (Wildman–Crippen MR) is 122 cm³/mol. The highest BCUT2D eigenvalue weighted by atomic mass is 127. The first kappa shape index (κ1) is 22.6. The number of aromatic amines is 1. The number of nitrogens with zero attached hydrogens (tertiary/aromatic N) is 6. The van der Waals surface area contributed by atoms with Crippen LogP contribution in [0.3, 0.4) is 0 Å². The molecule has 3 heterocycles. The van der Waals surface area contributed by atoms with E-state index in [1.807, 2.05) is 11.7 Å². The van der Waals surface area contributed by atoms with Crippen LogP contribution in [0, 0.1) is 0 Å². The van der Waals surface area contributed by atoms with E-state index < -0.39 is 0 Å². The van der Waals surface area contributed by atoms with Crippen LogP contribution < -0.4 is 5.32 Å². The van der Waals surface area contributed by atoms with Crippen LogP contribution in [0.1, 0.15) is 62.3 Å². The average molecular weight is 500 g/mol. The SMILES string of the molecule is CCNC(=NCc1c(CC)nn(C)c1CC)N1CCC(c2ncn[nH]2)CC1.I. The molecule has 0 aliphatic carbocycles. The molecule has 0 spiro atoms. The fraction of sp³-hybridized carbons (Fsp3) is 0.684. The van der Waals surface area contributed by atoms with Crippen LogP contribution in [0.4, 0.5) is 0 Å². The van der Waals surface area contributed by atoms with Gasteiger partial charge in [-0.05, 0) is 32.6 Å². The first-order chi connectivity index (χ1) is 13.2. The molecule has 0 atom stereocenters. The maximum Gasteiger partial charge on any atom is 0.194 e. The lowest BCUT2D eigenvalue weighted by Gasteiger charge is -2.33. The Labute approximate surface area is 184 Å². The fourth-order valence-electron chi connectivity index (χ4n) is 3.93. The highest BCUT2D eigenvalue weighted by Crippen LogP contribution is 2.25. The number of hydrogen-bond donors (Lipinski definition) is 2. The molecule has 1 fully saturated rings. The third-order valence-electron chi connectivity index (χ3n) is 5.36. The molecule has 156 valence electrons. The normalized spacial score (nSPS) is 15.6. The minimum atomic E-state index is 0. The van der Waals surface area contributed by atoms with Crippen LogP contribution in [0.2, 0.25) is 0 Å². The average Bonchev–Trinajstić information content (AvgIpc) is 3.33. The van der Waals surface area contributed by atoms with Crippen LogP contribution in [-0.2, 0) is 26.4 Å². The molecule has 8 nitrogen and oxygen atoms in total. The second-order valence-electron chi connectivity index (χ2n) is 7.00. The minimum absolute atomic E-state index is 0. The van der Waals surface area contributed by atoms with Gasteiger partial charge in [-0.15, -0.1) is 24.0 Å². The minimum Gasteiger partial charge on any atom is -0.357 e. The summed E-state index contributed by atoms with van der Waals surface area (Å²) in [5.41, 5.74) is 3.74. The van der Waals surface area contributed by atoms with Crippen molar-refractivity contribution in [2.75, 3.05) is 19.6 Å². The third kappa shape index (κ3) is 5.03. The van der Waals surface area contributed by atoms with Crippen LogP contribution >= 0.6 is 24.0 Å². The molecule has 2 N–H and O–H groups in total. The third-order valence-corrected chi connectivity index (χ3v) is 5.36. The van der Waals surface area contributed by atoms with E-state index in [4.69, 9.17) is 4.99 Å². The Bertz CT molecular complexity index is 744.